The van der Waals surface area contributed by atoms with Crippen LogP contribution in [-0.4, -0.2) is 20.1 Å². The van der Waals surface area contributed by atoms with Gasteiger partial charge in [-0.15, -0.1) is 0 Å². The summed E-state index contributed by atoms with van der Waals surface area (Å²) in [5.41, 5.74) is 1.45. The van der Waals surface area contributed by atoms with Crippen LogP contribution in [0.25, 0.3) is 0 Å². The molecule has 0 atom stereocenters. The summed E-state index contributed by atoms with van der Waals surface area (Å²) in [6.45, 7) is 0.468. The molecule has 1 saturated carbocycles. The predicted octanol–water partition coefficient (Wildman–Crippen LogP) is 1.40. The van der Waals surface area contributed by atoms with Gasteiger partial charge in [-0.25, -0.2) is 13.1 Å². The lowest BCUT2D eigenvalue weighted by Crippen LogP contribution is -2.26. The molecule has 0 aliphatic heterocycles. The molecule has 0 spiro atoms. The first-order valence-electron chi connectivity index (χ1n) is 6.25. The van der Waals surface area contributed by atoms with Crippen LogP contribution in [-0.2, 0) is 22.4 Å². The number of benzene rings is 1. The van der Waals surface area contributed by atoms with Gasteiger partial charge in [-0.1, -0.05) is 37.1 Å². The van der Waals surface area contributed by atoms with E-state index in [-0.39, 0.29) is 12.4 Å². The normalized spacial score (nSPS) is 15.8. The van der Waals surface area contributed by atoms with Crippen LogP contribution >= 0.6 is 0 Å². The van der Waals surface area contributed by atoms with E-state index in [1.54, 1.807) is 24.3 Å². The van der Waals surface area contributed by atoms with Crippen molar-refractivity contribution >= 4 is 10.0 Å². The summed E-state index contributed by atoms with van der Waals surface area (Å²) in [7, 11) is -3.26. The minimum Gasteiger partial charge on any atom is -0.392 e. The van der Waals surface area contributed by atoms with Crippen molar-refractivity contribution in [3.05, 3.63) is 35.4 Å². The Labute approximate surface area is 108 Å². The zero-order valence-electron chi connectivity index (χ0n) is 10.3. The highest BCUT2D eigenvalue weighted by Gasteiger charge is 2.21. The number of aliphatic hydroxyl groups is 1. The van der Waals surface area contributed by atoms with Crippen molar-refractivity contribution in [3.8, 4) is 0 Å². The van der Waals surface area contributed by atoms with Crippen LogP contribution < -0.4 is 4.72 Å². The van der Waals surface area contributed by atoms with Crippen molar-refractivity contribution in [3.63, 3.8) is 0 Å². The molecule has 0 radical (unpaired) electrons. The summed E-state index contributed by atoms with van der Waals surface area (Å²) in [5.74, 6) is 0.705. The number of sulfonamides is 1. The van der Waals surface area contributed by atoms with Crippen LogP contribution in [0.15, 0.2) is 24.3 Å². The van der Waals surface area contributed by atoms with Crippen LogP contribution in [0.1, 0.15) is 30.4 Å². The minimum absolute atomic E-state index is 0.0223. The van der Waals surface area contributed by atoms with Crippen LogP contribution in [0.5, 0.6) is 0 Å². The summed E-state index contributed by atoms with van der Waals surface area (Å²) in [6, 6.07) is 7.02. The predicted molar refractivity (Wildman–Crippen MR) is 70.3 cm³/mol. The number of hydrogen-bond acceptors (Lipinski definition) is 3. The van der Waals surface area contributed by atoms with E-state index in [0.717, 1.165) is 17.9 Å². The van der Waals surface area contributed by atoms with Crippen molar-refractivity contribution in [2.24, 2.45) is 5.92 Å². The van der Waals surface area contributed by atoms with Gasteiger partial charge in [0.1, 0.15) is 0 Å². The average molecular weight is 269 g/mol. The zero-order chi connectivity index (χ0) is 13.0. The second kappa shape index (κ2) is 5.82. The molecule has 100 valence electrons. The fourth-order valence-electron chi connectivity index (χ4n) is 1.91. The summed E-state index contributed by atoms with van der Waals surface area (Å²) in [4.78, 5) is 0. The lowest BCUT2D eigenvalue weighted by molar-refractivity contribution is 0.282. The molecule has 1 aliphatic rings. The Morgan fingerprint density at radius 1 is 1.28 bits per heavy atom. The largest absolute Gasteiger partial charge is 0.392 e. The molecule has 5 heteroatoms. The van der Waals surface area contributed by atoms with Gasteiger partial charge < -0.3 is 5.11 Å². The third kappa shape index (κ3) is 4.40. The van der Waals surface area contributed by atoms with E-state index in [2.05, 4.69) is 4.72 Å². The SMILES string of the molecule is O=S(=O)(Cc1cccc(CO)c1)NCCC1CC1. The molecule has 0 unspecified atom stereocenters. The van der Waals surface area contributed by atoms with Crippen LogP contribution in [0.4, 0.5) is 0 Å². The Kier molecular flexibility index (Phi) is 4.37. The van der Waals surface area contributed by atoms with E-state index < -0.39 is 10.0 Å². The van der Waals surface area contributed by atoms with E-state index in [0.29, 0.717) is 12.1 Å². The van der Waals surface area contributed by atoms with Gasteiger partial charge in [-0.3, -0.25) is 0 Å². The third-order valence-electron chi connectivity index (χ3n) is 3.10. The molecule has 0 amide bonds. The third-order valence-corrected chi connectivity index (χ3v) is 4.46. The number of hydrogen-bond donors (Lipinski definition) is 2. The molecule has 0 heterocycles. The van der Waals surface area contributed by atoms with E-state index in [4.69, 9.17) is 5.11 Å². The van der Waals surface area contributed by atoms with Gasteiger partial charge in [-0.2, -0.15) is 0 Å². The first-order valence-corrected chi connectivity index (χ1v) is 7.90. The monoisotopic (exact) mass is 269 g/mol. The summed E-state index contributed by atoms with van der Waals surface area (Å²) in [5, 5.41) is 9.00. The van der Waals surface area contributed by atoms with Crippen LogP contribution in [0, 0.1) is 5.92 Å². The quantitative estimate of drug-likeness (QED) is 0.786. The van der Waals surface area contributed by atoms with Gasteiger partial charge >= 0.3 is 0 Å². The van der Waals surface area contributed by atoms with Crippen molar-refractivity contribution in [1.29, 1.82) is 0 Å². The molecule has 4 nitrogen and oxygen atoms in total. The maximum Gasteiger partial charge on any atom is 0.215 e. The average Bonchev–Trinajstić information content (AvgIpc) is 3.12. The Morgan fingerprint density at radius 3 is 2.67 bits per heavy atom. The Bertz CT molecular complexity index is 495. The maximum absolute atomic E-state index is 11.8. The fourth-order valence-corrected chi connectivity index (χ4v) is 3.06. The second-order valence-electron chi connectivity index (χ2n) is 4.86. The topological polar surface area (TPSA) is 66.4 Å². The minimum atomic E-state index is -3.26. The first kappa shape index (κ1) is 13.5. The molecule has 0 saturated heterocycles. The molecule has 2 N–H and O–H groups in total. The zero-order valence-corrected chi connectivity index (χ0v) is 11.1. The standard InChI is InChI=1S/C13H19NO3S/c15-9-12-2-1-3-13(8-12)10-18(16,17)14-7-6-11-4-5-11/h1-3,8,11,14-15H,4-7,9-10H2. The molecule has 1 aromatic rings. The molecule has 0 aromatic heterocycles. The summed E-state index contributed by atoms with van der Waals surface area (Å²) < 4.78 is 26.3. The van der Waals surface area contributed by atoms with E-state index in [1.165, 1.54) is 12.8 Å². The Balaban J connectivity index is 1.88. The van der Waals surface area contributed by atoms with E-state index >= 15 is 0 Å². The maximum atomic E-state index is 11.8. The highest BCUT2D eigenvalue weighted by molar-refractivity contribution is 7.88. The van der Waals surface area contributed by atoms with Gasteiger partial charge in [0.15, 0.2) is 0 Å². The summed E-state index contributed by atoms with van der Waals surface area (Å²) in [6.07, 6.45) is 3.41. The second-order valence-corrected chi connectivity index (χ2v) is 6.67. The van der Waals surface area contributed by atoms with Crippen LogP contribution in [0.3, 0.4) is 0 Å². The first-order chi connectivity index (χ1) is 8.59. The Hall–Kier alpha value is -0.910. The van der Waals surface area contributed by atoms with Gasteiger partial charge in [0, 0.05) is 6.54 Å². The molecule has 1 aromatic carbocycles. The molecule has 1 fully saturated rings. The lowest BCUT2D eigenvalue weighted by Gasteiger charge is -2.07. The van der Waals surface area contributed by atoms with E-state index in [1.807, 2.05) is 0 Å². The fraction of sp³-hybridized carbons (Fsp3) is 0.538. The van der Waals surface area contributed by atoms with E-state index in [9.17, 15) is 8.42 Å². The molecule has 18 heavy (non-hydrogen) atoms. The molecule has 0 bridgehead atoms. The Morgan fingerprint density at radius 2 is 2.00 bits per heavy atom. The van der Waals surface area contributed by atoms with Crippen molar-refractivity contribution in [2.45, 2.75) is 31.6 Å². The smallest absolute Gasteiger partial charge is 0.215 e. The number of aliphatic hydroxyl groups excluding tert-OH is 1. The lowest BCUT2D eigenvalue weighted by atomic mass is 10.1. The molecular weight excluding hydrogens is 250 g/mol. The van der Waals surface area contributed by atoms with Crippen LogP contribution in [0.2, 0.25) is 0 Å². The molecule has 1 aliphatic carbocycles. The highest BCUT2D eigenvalue weighted by atomic mass is 32.2. The highest BCUT2D eigenvalue weighted by Crippen LogP contribution is 2.31. The van der Waals surface area contributed by atoms with Crippen molar-refractivity contribution < 1.29 is 13.5 Å². The molecule has 2 rings (SSSR count). The van der Waals surface area contributed by atoms with Gasteiger partial charge in [0.25, 0.3) is 0 Å². The molecular formula is C13H19NO3S. The van der Waals surface area contributed by atoms with Gasteiger partial charge in [-0.05, 0) is 23.5 Å². The number of rotatable bonds is 7. The van der Waals surface area contributed by atoms with Gasteiger partial charge in [0.05, 0.1) is 12.4 Å². The van der Waals surface area contributed by atoms with Gasteiger partial charge in [0.2, 0.25) is 10.0 Å². The van der Waals surface area contributed by atoms with Crippen molar-refractivity contribution in [1.82, 2.24) is 4.72 Å². The number of nitrogens with one attached hydrogen (secondary N) is 1. The summed E-state index contributed by atoms with van der Waals surface area (Å²) >= 11 is 0. The van der Waals surface area contributed by atoms with Crippen molar-refractivity contribution in [2.75, 3.05) is 6.54 Å².